The Morgan fingerprint density at radius 2 is 2.19 bits per heavy atom. The fraction of sp³-hybridized carbons (Fsp3) is 0.737. The first kappa shape index (κ1) is 24.7. The van der Waals surface area contributed by atoms with Crippen LogP contribution in [0.5, 0.6) is 0 Å². The second-order valence-corrected chi connectivity index (χ2v) is 7.75. The Balaban J connectivity index is 0.00000364. The Bertz CT molecular complexity index is 562. The van der Waals surface area contributed by atoms with E-state index in [1.54, 1.807) is 0 Å². The van der Waals surface area contributed by atoms with E-state index in [1.165, 1.54) is 5.69 Å². The molecule has 0 bridgehead atoms. The van der Waals surface area contributed by atoms with E-state index in [2.05, 4.69) is 64.0 Å². The Kier molecular flexibility index (Phi) is 12.6. The van der Waals surface area contributed by atoms with E-state index in [1.807, 2.05) is 0 Å². The summed E-state index contributed by atoms with van der Waals surface area (Å²) in [5.41, 5.74) is 1.24. The third-order valence-corrected chi connectivity index (χ3v) is 5.01. The average Bonchev–Trinajstić information content (AvgIpc) is 2.94. The number of ether oxygens (including phenoxy) is 2. The van der Waals surface area contributed by atoms with Gasteiger partial charge in [0.05, 0.1) is 6.54 Å². The van der Waals surface area contributed by atoms with E-state index in [0.29, 0.717) is 5.92 Å². The van der Waals surface area contributed by atoms with Crippen LogP contribution in [0.4, 0.5) is 0 Å². The molecule has 0 unspecified atom stereocenters. The predicted octanol–water partition coefficient (Wildman–Crippen LogP) is 3.64. The summed E-state index contributed by atoms with van der Waals surface area (Å²) in [6.07, 6.45) is 5.27. The maximum absolute atomic E-state index is 5.82. The average molecular weight is 557 g/mol. The largest absolute Gasteiger partial charge is 0.381 e. The number of halogens is 2. The van der Waals surface area contributed by atoms with Gasteiger partial charge in [0, 0.05) is 70.0 Å². The highest BCUT2D eigenvalue weighted by molar-refractivity contribution is 14.0. The summed E-state index contributed by atoms with van der Waals surface area (Å²) in [6.45, 7) is 7.94. The molecule has 0 atom stereocenters. The fourth-order valence-corrected chi connectivity index (χ4v) is 3.60. The topological polar surface area (TPSA) is 51.0 Å². The van der Waals surface area contributed by atoms with Crippen LogP contribution >= 0.6 is 39.9 Å². The summed E-state index contributed by atoms with van der Waals surface area (Å²) < 4.78 is 14.4. The highest BCUT2D eigenvalue weighted by Gasteiger charge is 2.13. The molecule has 1 aromatic heterocycles. The van der Waals surface area contributed by atoms with Crippen LogP contribution in [0, 0.1) is 5.92 Å². The van der Waals surface area contributed by atoms with E-state index in [-0.39, 0.29) is 24.0 Å². The molecule has 2 rings (SSSR count). The number of aliphatic imine (C=N–C) groups is 1. The van der Waals surface area contributed by atoms with E-state index < -0.39 is 0 Å². The second kappa shape index (κ2) is 13.8. The molecule has 0 aliphatic carbocycles. The molecule has 1 N–H and O–H groups in total. The van der Waals surface area contributed by atoms with Crippen LogP contribution in [-0.4, -0.2) is 62.0 Å². The molecule has 1 aliphatic heterocycles. The molecule has 1 fully saturated rings. The van der Waals surface area contributed by atoms with Gasteiger partial charge in [0.25, 0.3) is 0 Å². The predicted molar refractivity (Wildman–Crippen MR) is 125 cm³/mol. The first-order chi connectivity index (χ1) is 12.6. The first-order valence-corrected chi connectivity index (χ1v) is 10.3. The number of aromatic nitrogens is 1. The molecule has 6 nitrogen and oxygen atoms in total. The standard InChI is InChI=1S/C19H33BrN4O2.HI/c1-4-21-19(24(3)14-18-12-17(20)13-23(18)2)22-8-5-9-26-15-16-6-10-25-11-7-16;/h12-13,16H,4-11,14-15H2,1-3H3,(H,21,22);1H. The number of hydrogen-bond donors (Lipinski definition) is 1. The third kappa shape index (κ3) is 9.15. The Morgan fingerprint density at radius 1 is 1.44 bits per heavy atom. The van der Waals surface area contributed by atoms with E-state index in [0.717, 1.165) is 75.8 Å². The molecular formula is C19H34BrIN4O2. The monoisotopic (exact) mass is 556 g/mol. The molecule has 0 spiro atoms. The number of nitrogens with one attached hydrogen (secondary N) is 1. The van der Waals surface area contributed by atoms with Crippen molar-refractivity contribution in [3.63, 3.8) is 0 Å². The van der Waals surface area contributed by atoms with Crippen molar-refractivity contribution in [1.82, 2.24) is 14.8 Å². The van der Waals surface area contributed by atoms with Gasteiger partial charge in [-0.05, 0) is 54.1 Å². The van der Waals surface area contributed by atoms with Crippen molar-refractivity contribution in [2.75, 3.05) is 46.6 Å². The van der Waals surface area contributed by atoms with Crippen LogP contribution in [0.3, 0.4) is 0 Å². The maximum atomic E-state index is 5.82. The van der Waals surface area contributed by atoms with Crippen LogP contribution in [0.1, 0.15) is 31.9 Å². The highest BCUT2D eigenvalue weighted by atomic mass is 127. The van der Waals surface area contributed by atoms with Gasteiger partial charge in [0.15, 0.2) is 5.96 Å². The van der Waals surface area contributed by atoms with Crippen molar-refractivity contribution < 1.29 is 9.47 Å². The van der Waals surface area contributed by atoms with Gasteiger partial charge in [-0.1, -0.05) is 0 Å². The molecule has 27 heavy (non-hydrogen) atoms. The van der Waals surface area contributed by atoms with E-state index in [9.17, 15) is 0 Å². The molecule has 0 radical (unpaired) electrons. The second-order valence-electron chi connectivity index (χ2n) is 6.84. The molecule has 1 saturated heterocycles. The van der Waals surface area contributed by atoms with E-state index in [4.69, 9.17) is 14.5 Å². The minimum atomic E-state index is 0. The highest BCUT2D eigenvalue weighted by Crippen LogP contribution is 2.15. The van der Waals surface area contributed by atoms with Crippen LogP contribution in [0.15, 0.2) is 21.7 Å². The molecular weight excluding hydrogens is 523 g/mol. The Labute approximate surface area is 189 Å². The van der Waals surface area contributed by atoms with Crippen molar-refractivity contribution >= 4 is 45.9 Å². The van der Waals surface area contributed by atoms with Gasteiger partial charge in [0.1, 0.15) is 0 Å². The lowest BCUT2D eigenvalue weighted by atomic mass is 10.0. The Hall–Kier alpha value is -0.320. The van der Waals surface area contributed by atoms with Gasteiger partial charge in [0.2, 0.25) is 0 Å². The molecule has 2 heterocycles. The minimum Gasteiger partial charge on any atom is -0.381 e. The normalized spacial score (nSPS) is 15.5. The molecule has 1 aromatic rings. The smallest absolute Gasteiger partial charge is 0.194 e. The van der Waals surface area contributed by atoms with Gasteiger partial charge in [-0.3, -0.25) is 4.99 Å². The van der Waals surface area contributed by atoms with Crippen LogP contribution in [0.2, 0.25) is 0 Å². The lowest BCUT2D eigenvalue weighted by molar-refractivity contribution is 0.0205. The molecule has 0 saturated carbocycles. The molecule has 1 aliphatic rings. The Morgan fingerprint density at radius 3 is 2.81 bits per heavy atom. The number of rotatable bonds is 9. The minimum absolute atomic E-state index is 0. The lowest BCUT2D eigenvalue weighted by Crippen LogP contribution is -2.39. The van der Waals surface area contributed by atoms with Crippen LogP contribution < -0.4 is 5.32 Å². The van der Waals surface area contributed by atoms with Gasteiger partial charge >= 0.3 is 0 Å². The summed E-state index contributed by atoms with van der Waals surface area (Å²) in [6, 6.07) is 2.14. The number of hydrogen-bond acceptors (Lipinski definition) is 3. The number of aryl methyl sites for hydroxylation is 1. The van der Waals surface area contributed by atoms with Gasteiger partial charge in [-0.25, -0.2) is 0 Å². The number of guanidine groups is 1. The summed E-state index contributed by atoms with van der Waals surface area (Å²) in [4.78, 5) is 6.90. The zero-order valence-corrected chi connectivity index (χ0v) is 20.7. The molecule has 156 valence electrons. The SMILES string of the molecule is CCNC(=NCCCOCC1CCOCC1)N(C)Cc1cc(Br)cn1C.I. The van der Waals surface area contributed by atoms with Gasteiger partial charge < -0.3 is 24.3 Å². The van der Waals surface area contributed by atoms with E-state index >= 15 is 0 Å². The van der Waals surface area contributed by atoms with Crippen molar-refractivity contribution in [2.45, 2.75) is 32.7 Å². The zero-order chi connectivity index (χ0) is 18.8. The van der Waals surface area contributed by atoms with Crippen molar-refractivity contribution in [3.05, 3.63) is 22.4 Å². The summed E-state index contributed by atoms with van der Waals surface area (Å²) in [7, 11) is 4.14. The van der Waals surface area contributed by atoms with Crippen molar-refractivity contribution in [2.24, 2.45) is 18.0 Å². The molecule has 0 amide bonds. The van der Waals surface area contributed by atoms with Gasteiger partial charge in [-0.15, -0.1) is 24.0 Å². The van der Waals surface area contributed by atoms with Crippen LogP contribution in [0.25, 0.3) is 0 Å². The summed E-state index contributed by atoms with van der Waals surface area (Å²) in [5, 5.41) is 3.37. The fourth-order valence-electron chi connectivity index (χ4n) is 3.03. The van der Waals surface area contributed by atoms with Crippen LogP contribution in [-0.2, 0) is 23.1 Å². The van der Waals surface area contributed by atoms with Crippen molar-refractivity contribution in [3.8, 4) is 0 Å². The molecule has 0 aromatic carbocycles. The third-order valence-electron chi connectivity index (χ3n) is 4.57. The lowest BCUT2D eigenvalue weighted by Gasteiger charge is -2.22. The maximum Gasteiger partial charge on any atom is 0.194 e. The zero-order valence-electron chi connectivity index (χ0n) is 16.7. The number of nitrogens with zero attached hydrogens (tertiary/aromatic N) is 3. The summed E-state index contributed by atoms with van der Waals surface area (Å²) >= 11 is 3.53. The van der Waals surface area contributed by atoms with Gasteiger partial charge in [-0.2, -0.15) is 0 Å². The summed E-state index contributed by atoms with van der Waals surface area (Å²) in [5.74, 6) is 1.61. The quantitative estimate of drug-likeness (QED) is 0.218. The first-order valence-electron chi connectivity index (χ1n) is 9.55. The van der Waals surface area contributed by atoms with Crippen molar-refractivity contribution in [1.29, 1.82) is 0 Å². The molecule has 8 heteroatoms.